The number of ether oxygens (including phenoxy) is 3. The SMILES string of the molecule is COCCOCOC[C@H](C[C@H](Cc1cn(C)c2ccccc12)C(=O)NO)NC(=O)[C@H]1CC[C@H](C)CC1. The second-order valence-electron chi connectivity index (χ2n) is 9.95. The number of aromatic nitrogens is 1. The number of hydrogen-bond donors (Lipinski definition) is 3. The number of carbonyl (C=O) groups excluding carboxylic acids is 2. The molecule has 0 saturated heterocycles. The average Bonchev–Trinajstić information content (AvgIpc) is 3.20. The number of para-hydroxylation sites is 1. The van der Waals surface area contributed by atoms with Crippen molar-refractivity contribution in [3.8, 4) is 0 Å². The van der Waals surface area contributed by atoms with Gasteiger partial charge < -0.3 is 24.1 Å². The summed E-state index contributed by atoms with van der Waals surface area (Å²) in [5.41, 5.74) is 3.90. The summed E-state index contributed by atoms with van der Waals surface area (Å²) in [7, 11) is 3.57. The minimum absolute atomic E-state index is 0.00381. The van der Waals surface area contributed by atoms with Crippen molar-refractivity contribution in [2.45, 2.75) is 51.5 Å². The van der Waals surface area contributed by atoms with Crippen LogP contribution in [0.2, 0.25) is 0 Å². The van der Waals surface area contributed by atoms with Crippen LogP contribution in [0.25, 0.3) is 10.9 Å². The largest absolute Gasteiger partial charge is 0.382 e. The number of benzene rings is 1. The predicted octanol–water partition coefficient (Wildman–Crippen LogP) is 3.18. The van der Waals surface area contributed by atoms with Gasteiger partial charge in [-0.2, -0.15) is 0 Å². The normalized spacial score (nSPS) is 19.7. The van der Waals surface area contributed by atoms with E-state index in [9.17, 15) is 14.8 Å². The van der Waals surface area contributed by atoms with Gasteiger partial charge in [0.2, 0.25) is 11.8 Å². The maximum absolute atomic E-state index is 13.1. The molecule has 0 unspecified atom stereocenters. The molecule has 9 heteroatoms. The minimum Gasteiger partial charge on any atom is -0.382 e. The molecule has 0 bridgehead atoms. The number of aryl methyl sites for hydroxylation is 1. The fourth-order valence-electron chi connectivity index (χ4n) is 5.03. The van der Waals surface area contributed by atoms with Gasteiger partial charge in [-0.15, -0.1) is 0 Å². The molecule has 1 aliphatic rings. The van der Waals surface area contributed by atoms with Gasteiger partial charge in [0.1, 0.15) is 6.79 Å². The number of hydroxylamine groups is 1. The van der Waals surface area contributed by atoms with Gasteiger partial charge in [0, 0.05) is 43.1 Å². The molecule has 3 N–H and O–H groups in total. The fourth-order valence-corrected chi connectivity index (χ4v) is 5.03. The highest BCUT2D eigenvalue weighted by Crippen LogP contribution is 2.29. The van der Waals surface area contributed by atoms with Gasteiger partial charge in [0.25, 0.3) is 0 Å². The Morgan fingerprint density at radius 2 is 1.89 bits per heavy atom. The zero-order valence-electron chi connectivity index (χ0n) is 21.7. The molecule has 2 amide bonds. The molecule has 9 nitrogen and oxygen atoms in total. The van der Waals surface area contributed by atoms with Crippen LogP contribution in [0.3, 0.4) is 0 Å². The Hall–Kier alpha value is -2.46. The zero-order valence-corrected chi connectivity index (χ0v) is 21.7. The standard InChI is InChI=1S/C27H41N3O6/c1-19-8-10-20(11-9-19)26(31)28-23(17-36-18-35-13-12-34-3)15-21(27(32)29-33)14-22-16-30(2)25-7-5-4-6-24(22)25/h4-7,16,19-21,23,33H,8-15,17-18H2,1-3H3,(H,28,31)(H,29,32)/t19-,20-,21-,23-/m0/s1. The van der Waals surface area contributed by atoms with Crippen molar-refractivity contribution in [3.63, 3.8) is 0 Å². The Labute approximate surface area is 213 Å². The molecular formula is C27H41N3O6. The van der Waals surface area contributed by atoms with Gasteiger partial charge in [-0.3, -0.25) is 14.8 Å². The van der Waals surface area contributed by atoms with E-state index < -0.39 is 17.9 Å². The molecule has 2 atom stereocenters. The lowest BCUT2D eigenvalue weighted by atomic mass is 9.82. The Bertz CT molecular complexity index is 970. The molecule has 36 heavy (non-hydrogen) atoms. The van der Waals surface area contributed by atoms with Gasteiger partial charge in [-0.05, 0) is 56.1 Å². The topological polar surface area (TPSA) is 111 Å². The number of carbonyl (C=O) groups is 2. The molecule has 200 valence electrons. The molecule has 0 aliphatic heterocycles. The molecule has 2 aromatic rings. The van der Waals surface area contributed by atoms with Crippen LogP contribution in [0.5, 0.6) is 0 Å². The van der Waals surface area contributed by atoms with Gasteiger partial charge in [-0.25, -0.2) is 5.48 Å². The Morgan fingerprint density at radius 3 is 2.61 bits per heavy atom. The molecule has 1 fully saturated rings. The number of nitrogens with zero attached hydrogens (tertiary/aromatic N) is 1. The summed E-state index contributed by atoms with van der Waals surface area (Å²) in [6, 6.07) is 7.61. The van der Waals surface area contributed by atoms with Crippen molar-refractivity contribution in [3.05, 3.63) is 36.0 Å². The summed E-state index contributed by atoms with van der Waals surface area (Å²) >= 11 is 0. The highest BCUT2D eigenvalue weighted by atomic mass is 16.7. The van der Waals surface area contributed by atoms with E-state index in [0.717, 1.165) is 42.1 Å². The lowest BCUT2D eigenvalue weighted by Gasteiger charge is -2.29. The monoisotopic (exact) mass is 503 g/mol. The molecule has 1 heterocycles. The van der Waals surface area contributed by atoms with Crippen LogP contribution in [0, 0.1) is 17.8 Å². The molecule has 0 spiro atoms. The maximum atomic E-state index is 13.1. The van der Waals surface area contributed by atoms with Crippen LogP contribution in [-0.4, -0.2) is 61.4 Å². The highest BCUT2D eigenvalue weighted by molar-refractivity contribution is 5.85. The van der Waals surface area contributed by atoms with E-state index >= 15 is 0 Å². The van der Waals surface area contributed by atoms with E-state index in [2.05, 4.69) is 12.2 Å². The molecule has 1 saturated carbocycles. The third-order valence-corrected chi connectivity index (χ3v) is 7.15. The van der Waals surface area contributed by atoms with Crippen LogP contribution in [0.15, 0.2) is 30.5 Å². The summed E-state index contributed by atoms with van der Waals surface area (Å²) in [6.07, 6.45) is 6.59. The predicted molar refractivity (Wildman–Crippen MR) is 136 cm³/mol. The summed E-state index contributed by atoms with van der Waals surface area (Å²) in [6.45, 7) is 3.36. The lowest BCUT2D eigenvalue weighted by Crippen LogP contribution is -2.45. The summed E-state index contributed by atoms with van der Waals surface area (Å²) in [5.74, 6) is -0.412. The number of nitrogens with one attached hydrogen (secondary N) is 2. The van der Waals surface area contributed by atoms with E-state index in [1.54, 1.807) is 7.11 Å². The molecular weight excluding hydrogens is 462 g/mol. The van der Waals surface area contributed by atoms with Gasteiger partial charge in [0.05, 0.1) is 25.9 Å². The zero-order chi connectivity index (χ0) is 25.9. The van der Waals surface area contributed by atoms with Gasteiger partial charge >= 0.3 is 0 Å². The third-order valence-electron chi connectivity index (χ3n) is 7.15. The maximum Gasteiger partial charge on any atom is 0.246 e. The Balaban J connectivity index is 1.70. The first kappa shape index (κ1) is 28.1. The molecule has 1 aromatic carbocycles. The van der Waals surface area contributed by atoms with Gasteiger partial charge in [-0.1, -0.05) is 25.1 Å². The highest BCUT2D eigenvalue weighted by Gasteiger charge is 2.29. The van der Waals surface area contributed by atoms with Crippen molar-refractivity contribution < 1.29 is 29.0 Å². The summed E-state index contributed by atoms with van der Waals surface area (Å²) < 4.78 is 18.1. The number of fused-ring (bicyclic) bond motifs is 1. The van der Waals surface area contributed by atoms with Crippen LogP contribution in [0.1, 0.15) is 44.6 Å². The fraction of sp³-hybridized carbons (Fsp3) is 0.630. The number of methoxy groups -OCH3 is 1. The molecule has 3 rings (SSSR count). The molecule has 1 aromatic heterocycles. The van der Waals surface area contributed by atoms with E-state index in [1.165, 1.54) is 0 Å². The number of hydrogen-bond acceptors (Lipinski definition) is 6. The van der Waals surface area contributed by atoms with E-state index in [0.29, 0.717) is 32.0 Å². The van der Waals surface area contributed by atoms with Crippen LogP contribution in [-0.2, 0) is 37.3 Å². The molecule has 1 aliphatic carbocycles. The van der Waals surface area contributed by atoms with Crippen LogP contribution in [0.4, 0.5) is 0 Å². The minimum atomic E-state index is -0.560. The van der Waals surface area contributed by atoms with Crippen molar-refractivity contribution in [2.24, 2.45) is 24.8 Å². The third kappa shape index (κ3) is 8.03. The van der Waals surface area contributed by atoms with Gasteiger partial charge in [0.15, 0.2) is 0 Å². The second-order valence-corrected chi connectivity index (χ2v) is 9.95. The van der Waals surface area contributed by atoms with E-state index in [4.69, 9.17) is 14.2 Å². The quantitative estimate of drug-likeness (QED) is 0.158. The summed E-state index contributed by atoms with van der Waals surface area (Å²) in [4.78, 5) is 25.8. The smallest absolute Gasteiger partial charge is 0.246 e. The summed E-state index contributed by atoms with van der Waals surface area (Å²) in [5, 5.41) is 13.7. The van der Waals surface area contributed by atoms with E-state index in [1.807, 2.05) is 47.6 Å². The van der Waals surface area contributed by atoms with E-state index in [-0.39, 0.29) is 25.2 Å². The van der Waals surface area contributed by atoms with Crippen molar-refractivity contribution in [1.82, 2.24) is 15.4 Å². The first-order chi connectivity index (χ1) is 17.4. The number of amides is 2. The van der Waals surface area contributed by atoms with Crippen molar-refractivity contribution >= 4 is 22.7 Å². The first-order valence-electron chi connectivity index (χ1n) is 12.8. The lowest BCUT2D eigenvalue weighted by molar-refractivity contribution is -0.135. The average molecular weight is 504 g/mol. The number of rotatable bonds is 14. The van der Waals surface area contributed by atoms with Crippen molar-refractivity contribution in [1.29, 1.82) is 0 Å². The van der Waals surface area contributed by atoms with Crippen LogP contribution >= 0.6 is 0 Å². The second kappa shape index (κ2) is 14.3. The van der Waals surface area contributed by atoms with Crippen LogP contribution < -0.4 is 10.8 Å². The Morgan fingerprint density at radius 1 is 1.14 bits per heavy atom. The molecule has 0 radical (unpaired) electrons. The first-order valence-corrected chi connectivity index (χ1v) is 12.8. The van der Waals surface area contributed by atoms with Crippen molar-refractivity contribution in [2.75, 3.05) is 33.7 Å². The Kier molecular flexibility index (Phi) is 11.2.